The van der Waals surface area contributed by atoms with Gasteiger partial charge < -0.3 is 10.2 Å². The first-order chi connectivity index (χ1) is 11.4. The fourth-order valence-corrected chi connectivity index (χ4v) is 4.55. The molecule has 1 aromatic rings. The third-order valence-electron chi connectivity index (χ3n) is 5.87. The van der Waals surface area contributed by atoms with E-state index in [1.165, 1.54) is 0 Å². The van der Waals surface area contributed by atoms with Crippen LogP contribution in [0.1, 0.15) is 48.5 Å². The van der Waals surface area contributed by atoms with E-state index in [9.17, 15) is 19.8 Å². The third kappa shape index (κ3) is 2.38. The van der Waals surface area contributed by atoms with Crippen molar-refractivity contribution in [3.8, 4) is 0 Å². The molecule has 0 unspecified atom stereocenters. The van der Waals surface area contributed by atoms with Crippen LogP contribution in [0.25, 0.3) is 0 Å². The highest BCUT2D eigenvalue weighted by Crippen LogP contribution is 2.48. The molecule has 2 N–H and O–H groups in total. The minimum atomic E-state index is -1.77. The van der Waals surface area contributed by atoms with E-state index in [1.807, 2.05) is 24.1 Å². The molecule has 0 aromatic heterocycles. The quantitative estimate of drug-likeness (QED) is 0.638. The van der Waals surface area contributed by atoms with Gasteiger partial charge in [-0.3, -0.25) is 14.5 Å². The maximum absolute atomic E-state index is 13.2. The zero-order valence-electron chi connectivity index (χ0n) is 14.2. The molecule has 0 amide bonds. The number of aliphatic hydroxyl groups is 1. The summed E-state index contributed by atoms with van der Waals surface area (Å²) in [6, 6.07) is 6.87. The number of fused-ring (bicyclic) bond motifs is 2. The van der Waals surface area contributed by atoms with Crippen molar-refractivity contribution in [2.24, 2.45) is 5.41 Å². The first-order valence-electron chi connectivity index (χ1n) is 8.70. The Morgan fingerprint density at radius 3 is 2.50 bits per heavy atom. The summed E-state index contributed by atoms with van der Waals surface area (Å²) in [7, 11) is 1.86. The summed E-state index contributed by atoms with van der Waals surface area (Å²) in [5, 5.41) is 20.6. The van der Waals surface area contributed by atoms with Gasteiger partial charge in [-0.15, -0.1) is 0 Å². The zero-order valence-corrected chi connectivity index (χ0v) is 14.2. The summed E-state index contributed by atoms with van der Waals surface area (Å²) < 4.78 is 0. The first-order valence-corrected chi connectivity index (χ1v) is 8.70. The molecule has 0 aliphatic carbocycles. The van der Waals surface area contributed by atoms with E-state index in [1.54, 1.807) is 12.1 Å². The molecule has 130 valence electrons. The highest BCUT2D eigenvalue weighted by molar-refractivity contribution is 6.13. The first kappa shape index (κ1) is 17.1. The number of aliphatic hydroxyl groups excluding tert-OH is 1. The maximum Gasteiger partial charge on any atom is 0.321 e. The summed E-state index contributed by atoms with van der Waals surface area (Å²) >= 11 is 0. The van der Waals surface area contributed by atoms with E-state index in [0.29, 0.717) is 18.4 Å². The van der Waals surface area contributed by atoms with Crippen molar-refractivity contribution in [1.29, 1.82) is 0 Å². The number of carboxylic acids is 1. The summed E-state index contributed by atoms with van der Waals surface area (Å²) in [5.74, 6) is -1.68. The second-order valence-corrected chi connectivity index (χ2v) is 7.11. The second-order valence-electron chi connectivity index (χ2n) is 7.11. The molecule has 5 heteroatoms. The predicted octanol–water partition coefficient (Wildman–Crippen LogP) is 2.12. The molecule has 4 atom stereocenters. The van der Waals surface area contributed by atoms with Gasteiger partial charge in [-0.05, 0) is 38.3 Å². The van der Waals surface area contributed by atoms with Gasteiger partial charge in [0.2, 0.25) is 0 Å². The van der Waals surface area contributed by atoms with E-state index in [4.69, 9.17) is 0 Å². The lowest BCUT2D eigenvalue weighted by Gasteiger charge is -2.46. The predicted molar refractivity (Wildman–Crippen MR) is 90.0 cm³/mol. The standard InChI is InChI=1S/C19H25NO4/c1-3-4-12-5-7-13(8-6-12)17(22)19(18(23)24)15-10-9-14(20(15)2)11-16(19)21/h5-8,14-16,21H,3-4,9-11H2,1-2H3,(H,23,24)/t14-,15+,16-,19+/m0/s1. The van der Waals surface area contributed by atoms with Crippen LogP contribution >= 0.6 is 0 Å². The number of rotatable bonds is 5. The molecule has 0 radical (unpaired) electrons. The van der Waals surface area contributed by atoms with Crippen LogP contribution in [0.3, 0.4) is 0 Å². The Balaban J connectivity index is 2.01. The van der Waals surface area contributed by atoms with Gasteiger partial charge in [0.15, 0.2) is 11.2 Å². The number of hydrogen-bond acceptors (Lipinski definition) is 4. The number of Topliss-reactive ketones (excluding diaryl/α,β-unsaturated/α-hetero) is 1. The van der Waals surface area contributed by atoms with E-state index in [0.717, 1.165) is 24.8 Å². The van der Waals surface area contributed by atoms with Crippen molar-refractivity contribution in [2.75, 3.05) is 7.05 Å². The fourth-order valence-electron chi connectivity index (χ4n) is 4.55. The van der Waals surface area contributed by atoms with Gasteiger partial charge in [-0.1, -0.05) is 37.6 Å². The van der Waals surface area contributed by atoms with Gasteiger partial charge in [-0.25, -0.2) is 0 Å². The van der Waals surface area contributed by atoms with E-state index < -0.39 is 29.3 Å². The van der Waals surface area contributed by atoms with Gasteiger partial charge in [0, 0.05) is 17.6 Å². The minimum absolute atomic E-state index is 0.164. The number of piperidine rings is 1. The van der Waals surface area contributed by atoms with Crippen LogP contribution in [0, 0.1) is 5.41 Å². The molecule has 0 spiro atoms. The lowest BCUT2D eigenvalue weighted by molar-refractivity contribution is -0.161. The highest BCUT2D eigenvalue weighted by Gasteiger charge is 2.64. The SMILES string of the molecule is CCCc1ccc(C(=O)[C@]2(C(=O)O)[C@@H](O)C[C@@H]3CC[C@H]2N3C)cc1. The minimum Gasteiger partial charge on any atom is -0.480 e. The van der Waals surface area contributed by atoms with Crippen LogP contribution in [0.4, 0.5) is 0 Å². The van der Waals surface area contributed by atoms with Crippen molar-refractivity contribution < 1.29 is 19.8 Å². The number of aryl methyl sites for hydroxylation is 1. The number of carboxylic acid groups (broad SMARTS) is 1. The summed E-state index contributed by atoms with van der Waals surface area (Å²) in [6.45, 7) is 2.09. The van der Waals surface area contributed by atoms with Crippen molar-refractivity contribution in [1.82, 2.24) is 4.90 Å². The van der Waals surface area contributed by atoms with E-state index in [2.05, 4.69) is 6.92 Å². The van der Waals surface area contributed by atoms with Crippen LogP contribution in [0.15, 0.2) is 24.3 Å². The van der Waals surface area contributed by atoms with Gasteiger partial charge in [0.05, 0.1) is 6.10 Å². The Labute approximate surface area is 142 Å². The molecule has 2 aliphatic rings. The number of hydrogen-bond donors (Lipinski definition) is 2. The number of benzene rings is 1. The molecule has 2 aliphatic heterocycles. The average Bonchev–Trinajstić information content (AvgIpc) is 2.81. The Kier molecular flexibility index (Phi) is 4.49. The van der Waals surface area contributed by atoms with Gasteiger partial charge >= 0.3 is 5.97 Å². The number of carbonyl (C=O) groups is 2. The van der Waals surface area contributed by atoms with Crippen LogP contribution in [-0.2, 0) is 11.2 Å². The van der Waals surface area contributed by atoms with Crippen molar-refractivity contribution in [3.63, 3.8) is 0 Å². The third-order valence-corrected chi connectivity index (χ3v) is 5.87. The molecule has 0 saturated carbocycles. The number of carbonyl (C=O) groups excluding carboxylic acids is 1. The molecule has 2 heterocycles. The number of aliphatic carboxylic acids is 1. The molecule has 2 fully saturated rings. The van der Waals surface area contributed by atoms with Crippen molar-refractivity contribution in [2.45, 2.75) is 57.2 Å². The summed E-state index contributed by atoms with van der Waals surface area (Å²) in [5.41, 5.74) is -0.274. The molecular formula is C19H25NO4. The second kappa shape index (κ2) is 6.30. The fraction of sp³-hybridized carbons (Fsp3) is 0.579. The summed E-state index contributed by atoms with van der Waals surface area (Å²) in [6.07, 6.45) is 2.58. The van der Waals surface area contributed by atoms with E-state index in [-0.39, 0.29) is 6.04 Å². The van der Waals surface area contributed by atoms with Crippen molar-refractivity contribution in [3.05, 3.63) is 35.4 Å². The monoisotopic (exact) mass is 331 g/mol. The van der Waals surface area contributed by atoms with Crippen LogP contribution in [-0.4, -0.2) is 52.1 Å². The summed E-state index contributed by atoms with van der Waals surface area (Å²) in [4.78, 5) is 27.4. The molecule has 2 saturated heterocycles. The Bertz CT molecular complexity index is 641. The smallest absolute Gasteiger partial charge is 0.321 e. The van der Waals surface area contributed by atoms with Crippen molar-refractivity contribution >= 4 is 11.8 Å². The van der Waals surface area contributed by atoms with E-state index >= 15 is 0 Å². The molecule has 24 heavy (non-hydrogen) atoms. The normalized spacial score (nSPS) is 32.7. The Hall–Kier alpha value is -1.72. The van der Waals surface area contributed by atoms with Crippen LogP contribution < -0.4 is 0 Å². The maximum atomic E-state index is 13.2. The van der Waals surface area contributed by atoms with Gasteiger partial charge in [0.25, 0.3) is 0 Å². The largest absolute Gasteiger partial charge is 0.480 e. The molecular weight excluding hydrogens is 306 g/mol. The molecule has 2 bridgehead atoms. The van der Waals surface area contributed by atoms with Crippen LogP contribution in [0.2, 0.25) is 0 Å². The Morgan fingerprint density at radius 1 is 1.25 bits per heavy atom. The molecule has 1 aromatic carbocycles. The highest BCUT2D eigenvalue weighted by atomic mass is 16.4. The van der Waals surface area contributed by atoms with Crippen LogP contribution in [0.5, 0.6) is 0 Å². The number of ketones is 1. The lowest BCUT2D eigenvalue weighted by atomic mass is 9.67. The number of nitrogens with zero attached hydrogens (tertiary/aromatic N) is 1. The lowest BCUT2D eigenvalue weighted by Crippen LogP contribution is -2.64. The van der Waals surface area contributed by atoms with Gasteiger partial charge in [0.1, 0.15) is 0 Å². The average molecular weight is 331 g/mol. The Morgan fingerprint density at radius 2 is 1.92 bits per heavy atom. The molecule has 3 rings (SSSR count). The van der Waals surface area contributed by atoms with Gasteiger partial charge in [-0.2, -0.15) is 0 Å². The zero-order chi connectivity index (χ0) is 17.5. The topological polar surface area (TPSA) is 77.8 Å². The molecule has 5 nitrogen and oxygen atoms in total.